The van der Waals surface area contributed by atoms with Crippen molar-refractivity contribution in [3.05, 3.63) is 0 Å². The Labute approximate surface area is 89.9 Å². The van der Waals surface area contributed by atoms with Gasteiger partial charge in [-0.3, -0.25) is 4.79 Å². The topological polar surface area (TPSA) is 44.8 Å². The van der Waals surface area contributed by atoms with Crippen LogP contribution in [0.3, 0.4) is 0 Å². The summed E-state index contributed by atoms with van der Waals surface area (Å²) in [6.07, 6.45) is 3.17. The van der Waals surface area contributed by atoms with Gasteiger partial charge in [-0.05, 0) is 26.7 Å². The lowest BCUT2D eigenvalue weighted by atomic mass is 10.0. The van der Waals surface area contributed by atoms with Crippen molar-refractivity contribution in [2.24, 2.45) is 0 Å². The van der Waals surface area contributed by atoms with E-state index >= 15 is 0 Å². The first kappa shape index (κ1) is 10.9. The highest BCUT2D eigenvalue weighted by Crippen LogP contribution is 2.28. The molecule has 0 amide bonds. The molecule has 0 spiro atoms. The third kappa shape index (κ3) is 2.69. The van der Waals surface area contributed by atoms with Gasteiger partial charge in [0, 0.05) is 6.42 Å². The number of hydrogen-bond donors (Lipinski definition) is 0. The first-order chi connectivity index (χ1) is 7.07. The van der Waals surface area contributed by atoms with Crippen LogP contribution in [-0.2, 0) is 19.0 Å². The summed E-state index contributed by atoms with van der Waals surface area (Å²) in [6, 6.07) is 0. The van der Waals surface area contributed by atoms with E-state index in [-0.39, 0.29) is 18.2 Å². The van der Waals surface area contributed by atoms with Crippen molar-refractivity contribution in [1.82, 2.24) is 0 Å². The fraction of sp³-hybridized carbons (Fsp3) is 0.909. The van der Waals surface area contributed by atoms with Crippen molar-refractivity contribution in [2.75, 3.05) is 6.61 Å². The van der Waals surface area contributed by atoms with Crippen LogP contribution in [0.15, 0.2) is 0 Å². The van der Waals surface area contributed by atoms with Crippen molar-refractivity contribution < 1.29 is 19.0 Å². The summed E-state index contributed by atoms with van der Waals surface area (Å²) in [5.74, 6) is -0.677. The van der Waals surface area contributed by atoms with Gasteiger partial charge in [0.25, 0.3) is 0 Å². The molecule has 2 aliphatic heterocycles. The molecular formula is C11H18O4. The molecule has 86 valence electrons. The third-order valence-electron chi connectivity index (χ3n) is 2.85. The SMILES string of the molecule is CC1(C)OC[C@@H]2OC(=O)CCCC[C@H]2O1. The minimum absolute atomic E-state index is 0.00185. The van der Waals surface area contributed by atoms with E-state index in [1.165, 1.54) is 0 Å². The highest BCUT2D eigenvalue weighted by Gasteiger charge is 2.38. The Morgan fingerprint density at radius 1 is 1.27 bits per heavy atom. The Morgan fingerprint density at radius 2 is 2.07 bits per heavy atom. The molecule has 15 heavy (non-hydrogen) atoms. The molecule has 4 nitrogen and oxygen atoms in total. The molecule has 0 bridgehead atoms. The Balaban J connectivity index is 2.02. The standard InChI is InChI=1S/C11H18O4/c1-11(2)13-7-9-8(15-11)5-3-4-6-10(12)14-9/h8-9H,3-7H2,1-2H3/t8-,9+/m1/s1. The smallest absolute Gasteiger partial charge is 0.306 e. The first-order valence-electron chi connectivity index (χ1n) is 5.58. The lowest BCUT2D eigenvalue weighted by molar-refractivity contribution is -0.308. The average molecular weight is 214 g/mol. The lowest BCUT2D eigenvalue weighted by Crippen LogP contribution is -2.50. The number of carbonyl (C=O) groups is 1. The van der Waals surface area contributed by atoms with Gasteiger partial charge >= 0.3 is 5.97 Å². The molecule has 0 aromatic carbocycles. The van der Waals surface area contributed by atoms with E-state index in [9.17, 15) is 4.79 Å². The van der Waals surface area contributed by atoms with Gasteiger partial charge in [0.05, 0.1) is 6.61 Å². The molecule has 0 aromatic rings. The second-order valence-corrected chi connectivity index (χ2v) is 4.64. The Morgan fingerprint density at radius 3 is 2.87 bits per heavy atom. The molecule has 2 aliphatic rings. The van der Waals surface area contributed by atoms with Gasteiger partial charge < -0.3 is 14.2 Å². The van der Waals surface area contributed by atoms with Crippen molar-refractivity contribution in [1.29, 1.82) is 0 Å². The Bertz CT molecular complexity index is 249. The second-order valence-electron chi connectivity index (χ2n) is 4.64. The van der Waals surface area contributed by atoms with E-state index in [1.807, 2.05) is 13.8 Å². The van der Waals surface area contributed by atoms with Crippen LogP contribution in [0.1, 0.15) is 39.5 Å². The molecule has 2 saturated heterocycles. The largest absolute Gasteiger partial charge is 0.457 e. The number of rotatable bonds is 0. The van der Waals surface area contributed by atoms with Crippen molar-refractivity contribution in [2.45, 2.75) is 57.5 Å². The molecule has 0 unspecified atom stereocenters. The molecule has 2 rings (SSSR count). The summed E-state index contributed by atoms with van der Waals surface area (Å²) in [4.78, 5) is 11.3. The van der Waals surface area contributed by atoms with Gasteiger partial charge in [-0.1, -0.05) is 6.42 Å². The van der Waals surface area contributed by atoms with E-state index in [4.69, 9.17) is 14.2 Å². The molecule has 2 fully saturated rings. The van der Waals surface area contributed by atoms with Crippen molar-refractivity contribution in [3.63, 3.8) is 0 Å². The zero-order chi connectivity index (χ0) is 10.9. The van der Waals surface area contributed by atoms with E-state index in [0.29, 0.717) is 13.0 Å². The number of fused-ring (bicyclic) bond motifs is 1. The zero-order valence-electron chi connectivity index (χ0n) is 9.32. The molecule has 0 N–H and O–H groups in total. The second kappa shape index (κ2) is 4.10. The van der Waals surface area contributed by atoms with Crippen LogP contribution in [0.4, 0.5) is 0 Å². The molecule has 0 radical (unpaired) electrons. The van der Waals surface area contributed by atoms with Gasteiger partial charge in [-0.15, -0.1) is 0 Å². The summed E-state index contributed by atoms with van der Waals surface area (Å²) >= 11 is 0. The molecule has 0 saturated carbocycles. The molecule has 0 aliphatic carbocycles. The van der Waals surface area contributed by atoms with Gasteiger partial charge in [0.1, 0.15) is 6.10 Å². The minimum atomic E-state index is -0.549. The lowest BCUT2D eigenvalue weighted by Gasteiger charge is -2.41. The van der Waals surface area contributed by atoms with Gasteiger partial charge in [0.15, 0.2) is 11.9 Å². The summed E-state index contributed by atoms with van der Waals surface area (Å²) < 4.78 is 16.5. The number of esters is 1. The predicted octanol–water partition coefficient (Wildman–Crippen LogP) is 1.62. The summed E-state index contributed by atoms with van der Waals surface area (Å²) in [5, 5.41) is 0. The third-order valence-corrected chi connectivity index (χ3v) is 2.85. The van der Waals surface area contributed by atoms with Crippen LogP contribution in [0, 0.1) is 0 Å². The maximum atomic E-state index is 11.3. The maximum Gasteiger partial charge on any atom is 0.306 e. The number of carbonyl (C=O) groups excluding carboxylic acids is 1. The summed E-state index contributed by atoms with van der Waals surface area (Å²) in [6.45, 7) is 4.23. The highest BCUT2D eigenvalue weighted by molar-refractivity contribution is 5.69. The number of hydrogen-bond acceptors (Lipinski definition) is 4. The van der Waals surface area contributed by atoms with E-state index in [2.05, 4.69) is 0 Å². The van der Waals surface area contributed by atoms with Gasteiger partial charge in [-0.25, -0.2) is 0 Å². The van der Waals surface area contributed by atoms with E-state index in [0.717, 1.165) is 19.3 Å². The fourth-order valence-electron chi connectivity index (χ4n) is 2.06. The molecule has 2 heterocycles. The van der Waals surface area contributed by atoms with Crippen molar-refractivity contribution in [3.8, 4) is 0 Å². The molecule has 4 heteroatoms. The maximum absolute atomic E-state index is 11.3. The van der Waals surface area contributed by atoms with Crippen LogP contribution in [0.25, 0.3) is 0 Å². The van der Waals surface area contributed by atoms with Crippen LogP contribution >= 0.6 is 0 Å². The predicted molar refractivity (Wildman–Crippen MR) is 53.3 cm³/mol. The van der Waals surface area contributed by atoms with Crippen LogP contribution in [0.2, 0.25) is 0 Å². The number of ether oxygens (including phenoxy) is 3. The quantitative estimate of drug-likeness (QED) is 0.575. The molecule has 0 aromatic heterocycles. The van der Waals surface area contributed by atoms with Gasteiger partial charge in [-0.2, -0.15) is 0 Å². The summed E-state index contributed by atoms with van der Waals surface area (Å²) in [7, 11) is 0. The van der Waals surface area contributed by atoms with E-state index < -0.39 is 5.79 Å². The Kier molecular flexibility index (Phi) is 2.98. The Hall–Kier alpha value is -0.610. The summed E-state index contributed by atoms with van der Waals surface area (Å²) in [5.41, 5.74) is 0. The fourth-order valence-corrected chi connectivity index (χ4v) is 2.06. The van der Waals surface area contributed by atoms with Crippen molar-refractivity contribution >= 4 is 5.97 Å². The normalized spacial score (nSPS) is 36.0. The molecule has 2 atom stereocenters. The van der Waals surface area contributed by atoms with Crippen LogP contribution in [0.5, 0.6) is 0 Å². The van der Waals surface area contributed by atoms with Crippen LogP contribution in [-0.4, -0.2) is 30.6 Å². The first-order valence-corrected chi connectivity index (χ1v) is 5.58. The van der Waals surface area contributed by atoms with Gasteiger partial charge in [0.2, 0.25) is 0 Å². The minimum Gasteiger partial charge on any atom is -0.457 e. The van der Waals surface area contributed by atoms with Crippen LogP contribution < -0.4 is 0 Å². The molecular weight excluding hydrogens is 196 g/mol. The zero-order valence-corrected chi connectivity index (χ0v) is 9.32. The highest BCUT2D eigenvalue weighted by atomic mass is 16.7. The monoisotopic (exact) mass is 214 g/mol. The average Bonchev–Trinajstić information content (AvgIpc) is 2.13. The van der Waals surface area contributed by atoms with E-state index in [1.54, 1.807) is 0 Å².